The van der Waals surface area contributed by atoms with E-state index in [1.807, 2.05) is 71.8 Å². The van der Waals surface area contributed by atoms with Crippen molar-refractivity contribution in [2.45, 2.75) is 12.8 Å². The molecule has 2 aromatic carbocycles. The van der Waals surface area contributed by atoms with Gasteiger partial charge in [0.2, 0.25) is 0 Å². The van der Waals surface area contributed by atoms with Crippen LogP contribution in [0, 0.1) is 5.41 Å². The number of hydrogen-bond donors (Lipinski definition) is 2. The third kappa shape index (κ3) is 4.08. The van der Waals surface area contributed by atoms with Crippen molar-refractivity contribution in [2.75, 3.05) is 12.0 Å². The molecule has 0 saturated carbocycles. The van der Waals surface area contributed by atoms with Gasteiger partial charge in [-0.1, -0.05) is 30.3 Å². The zero-order valence-corrected chi connectivity index (χ0v) is 14.1. The number of rotatable bonds is 6. The highest BCUT2D eigenvalue weighted by Crippen LogP contribution is 2.26. The van der Waals surface area contributed by atoms with Gasteiger partial charge < -0.3 is 20.1 Å². The Labute approximate surface area is 147 Å². The van der Waals surface area contributed by atoms with E-state index in [0.29, 0.717) is 12.2 Å². The Kier molecular flexibility index (Phi) is 5.16. The molecule has 3 N–H and O–H groups in total. The van der Waals surface area contributed by atoms with E-state index in [-0.39, 0.29) is 12.1 Å². The van der Waals surface area contributed by atoms with Crippen LogP contribution < -0.4 is 15.4 Å². The van der Waals surface area contributed by atoms with Gasteiger partial charge in [0, 0.05) is 24.6 Å². The molecule has 3 rings (SSSR count). The van der Waals surface area contributed by atoms with Crippen LogP contribution in [0.25, 0.3) is 0 Å². The Balaban J connectivity index is 1.72. The van der Waals surface area contributed by atoms with E-state index in [2.05, 4.69) is 0 Å². The van der Waals surface area contributed by atoms with Crippen molar-refractivity contribution in [2.24, 2.45) is 5.73 Å². The fourth-order valence-corrected chi connectivity index (χ4v) is 2.57. The highest BCUT2D eigenvalue weighted by Gasteiger charge is 2.19. The van der Waals surface area contributed by atoms with E-state index in [4.69, 9.17) is 20.6 Å². The summed E-state index contributed by atoms with van der Waals surface area (Å²) in [5, 5.41) is 7.61. The summed E-state index contributed by atoms with van der Waals surface area (Å²) in [6.07, 6.45) is 5.25. The van der Waals surface area contributed by atoms with Crippen molar-refractivity contribution < 1.29 is 9.47 Å². The molecule has 25 heavy (non-hydrogen) atoms. The van der Waals surface area contributed by atoms with Gasteiger partial charge in [-0.05, 0) is 42.0 Å². The van der Waals surface area contributed by atoms with Gasteiger partial charge in [0.25, 0.3) is 0 Å². The molecule has 0 spiro atoms. The van der Waals surface area contributed by atoms with Crippen LogP contribution in [-0.2, 0) is 11.3 Å². The molecular formula is C20H21N3O2. The van der Waals surface area contributed by atoms with E-state index in [9.17, 15) is 0 Å². The Bertz CT molecular complexity index is 782. The largest absolute Gasteiger partial charge is 0.489 e. The molecule has 1 atom stereocenters. The zero-order chi connectivity index (χ0) is 17.6. The number of nitrogens with zero attached hydrogens (tertiary/aromatic N) is 1. The average Bonchev–Trinajstić information content (AvgIpc) is 2.67. The van der Waals surface area contributed by atoms with Crippen molar-refractivity contribution in [3.8, 4) is 5.75 Å². The molecule has 1 aliphatic rings. The highest BCUT2D eigenvalue weighted by atomic mass is 16.5. The van der Waals surface area contributed by atoms with E-state index < -0.39 is 0 Å². The molecule has 0 radical (unpaired) electrons. The van der Waals surface area contributed by atoms with E-state index >= 15 is 0 Å². The minimum Gasteiger partial charge on any atom is -0.489 e. The second kappa shape index (κ2) is 7.68. The second-order valence-electron chi connectivity index (χ2n) is 5.66. The number of nitrogens with one attached hydrogen (secondary N) is 1. The number of hydrogen-bond acceptors (Lipinski definition) is 4. The molecule has 0 saturated heterocycles. The van der Waals surface area contributed by atoms with Crippen molar-refractivity contribution in [1.29, 1.82) is 5.41 Å². The Hall–Kier alpha value is -3.05. The number of ether oxygens (including phenoxy) is 2. The quantitative estimate of drug-likeness (QED) is 0.627. The Morgan fingerprint density at radius 2 is 1.84 bits per heavy atom. The fraction of sp³-hybridized carbons (Fsp3) is 0.150. The van der Waals surface area contributed by atoms with Gasteiger partial charge in [-0.2, -0.15) is 0 Å². The van der Waals surface area contributed by atoms with Crippen LogP contribution in [0.3, 0.4) is 0 Å². The van der Waals surface area contributed by atoms with Crippen LogP contribution in [0.15, 0.2) is 78.5 Å². The monoisotopic (exact) mass is 335 g/mol. The van der Waals surface area contributed by atoms with E-state index in [1.165, 1.54) is 0 Å². The number of nitrogens with two attached hydrogens (primary N) is 1. The molecule has 0 aliphatic carbocycles. The molecule has 1 aliphatic heterocycles. The normalized spacial score (nSPS) is 16.4. The maximum absolute atomic E-state index is 7.61. The molecule has 5 nitrogen and oxygen atoms in total. The summed E-state index contributed by atoms with van der Waals surface area (Å²) in [4.78, 5) is 1.93. The summed E-state index contributed by atoms with van der Waals surface area (Å²) in [7, 11) is 1.64. The molecule has 0 fully saturated rings. The van der Waals surface area contributed by atoms with E-state index in [0.717, 1.165) is 17.0 Å². The lowest BCUT2D eigenvalue weighted by Crippen LogP contribution is -2.34. The molecule has 1 unspecified atom stereocenters. The summed E-state index contributed by atoms with van der Waals surface area (Å²) in [5.41, 5.74) is 8.30. The Morgan fingerprint density at radius 1 is 1.12 bits per heavy atom. The average molecular weight is 335 g/mol. The first kappa shape index (κ1) is 16.8. The molecule has 2 aromatic rings. The van der Waals surface area contributed by atoms with Crippen molar-refractivity contribution in [3.05, 3.63) is 84.1 Å². The first-order chi connectivity index (χ1) is 12.2. The summed E-state index contributed by atoms with van der Waals surface area (Å²) >= 11 is 0. The third-order valence-electron chi connectivity index (χ3n) is 3.93. The molecular weight excluding hydrogens is 314 g/mol. The van der Waals surface area contributed by atoms with Crippen molar-refractivity contribution in [1.82, 2.24) is 0 Å². The van der Waals surface area contributed by atoms with Crippen molar-refractivity contribution >= 4 is 11.5 Å². The van der Waals surface area contributed by atoms with Gasteiger partial charge in [0.15, 0.2) is 6.23 Å². The zero-order valence-electron chi connectivity index (χ0n) is 14.1. The molecule has 5 heteroatoms. The van der Waals surface area contributed by atoms with Crippen LogP contribution in [-0.4, -0.2) is 19.2 Å². The molecule has 1 heterocycles. The third-order valence-corrected chi connectivity index (χ3v) is 3.93. The number of benzene rings is 2. The predicted octanol–water partition coefficient (Wildman–Crippen LogP) is 3.43. The fourth-order valence-electron chi connectivity index (χ4n) is 2.57. The summed E-state index contributed by atoms with van der Waals surface area (Å²) < 4.78 is 11.3. The lowest BCUT2D eigenvalue weighted by Gasteiger charge is -2.30. The smallest absolute Gasteiger partial charge is 0.153 e. The van der Waals surface area contributed by atoms with Gasteiger partial charge in [-0.3, -0.25) is 5.41 Å². The van der Waals surface area contributed by atoms with E-state index in [1.54, 1.807) is 13.2 Å². The van der Waals surface area contributed by atoms with Gasteiger partial charge in [0.1, 0.15) is 18.2 Å². The minimum absolute atomic E-state index is 0.0265. The van der Waals surface area contributed by atoms with Gasteiger partial charge in [-0.15, -0.1) is 0 Å². The molecule has 0 aromatic heterocycles. The standard InChI is InChI=1S/C20H21N3O2/c1-24-19-12-7-16(20(21)22)13-23(19)17-8-10-18(11-9-17)25-14-15-5-3-2-4-6-15/h2-13,19H,14H2,1H3,(H3,21,22). The lowest BCUT2D eigenvalue weighted by atomic mass is 10.1. The first-order valence-electron chi connectivity index (χ1n) is 8.00. The topological polar surface area (TPSA) is 71.6 Å². The van der Waals surface area contributed by atoms with Gasteiger partial charge >= 0.3 is 0 Å². The molecule has 128 valence electrons. The van der Waals surface area contributed by atoms with Crippen LogP contribution in [0.4, 0.5) is 5.69 Å². The van der Waals surface area contributed by atoms with Crippen LogP contribution >= 0.6 is 0 Å². The number of anilines is 1. The van der Waals surface area contributed by atoms with Crippen LogP contribution in [0.2, 0.25) is 0 Å². The first-order valence-corrected chi connectivity index (χ1v) is 8.00. The molecule has 0 bridgehead atoms. The van der Waals surface area contributed by atoms with Crippen LogP contribution in [0.1, 0.15) is 5.56 Å². The summed E-state index contributed by atoms with van der Waals surface area (Å²) in [6.45, 7) is 0.529. The number of amidine groups is 1. The van der Waals surface area contributed by atoms with Crippen LogP contribution in [0.5, 0.6) is 5.75 Å². The van der Waals surface area contributed by atoms with Crippen molar-refractivity contribution in [3.63, 3.8) is 0 Å². The van der Waals surface area contributed by atoms with Gasteiger partial charge in [-0.25, -0.2) is 0 Å². The highest BCUT2D eigenvalue weighted by molar-refractivity contribution is 5.97. The predicted molar refractivity (Wildman–Crippen MR) is 99.6 cm³/mol. The Morgan fingerprint density at radius 3 is 2.48 bits per heavy atom. The summed E-state index contributed by atoms with van der Waals surface area (Å²) in [6, 6.07) is 17.8. The SMILES string of the molecule is COC1C=CC(C(=N)N)=CN1c1ccc(OCc2ccccc2)cc1. The van der Waals surface area contributed by atoms with Gasteiger partial charge in [0.05, 0.1) is 0 Å². The lowest BCUT2D eigenvalue weighted by molar-refractivity contribution is 0.144. The maximum Gasteiger partial charge on any atom is 0.153 e. The second-order valence-corrected chi connectivity index (χ2v) is 5.66. The number of methoxy groups -OCH3 is 1. The minimum atomic E-state index is -0.237. The maximum atomic E-state index is 7.61. The summed E-state index contributed by atoms with van der Waals surface area (Å²) in [5.74, 6) is 0.823. The molecule has 0 amide bonds.